The molecule has 0 fully saturated rings. The van der Waals surface area contributed by atoms with E-state index in [2.05, 4.69) is 18.8 Å². The van der Waals surface area contributed by atoms with Gasteiger partial charge in [-0.25, -0.2) is 4.79 Å². The molecule has 0 saturated carbocycles. The van der Waals surface area contributed by atoms with Gasteiger partial charge < -0.3 is 9.47 Å². The zero-order valence-electron chi connectivity index (χ0n) is 33.9. The average Bonchev–Trinajstić information content (AvgIpc) is 3.10. The van der Waals surface area contributed by atoms with Crippen molar-refractivity contribution in [3.8, 4) is 0 Å². The number of hydrogen-bond acceptors (Lipinski definition) is 5. The second-order valence-electron chi connectivity index (χ2n) is 15.5. The predicted octanol–water partition coefficient (Wildman–Crippen LogP) is 14.4. The van der Waals surface area contributed by atoms with Crippen LogP contribution < -0.4 is 0 Å². The molecular formula is C45H83NO4. The Labute approximate surface area is 311 Å². The molecular weight excluding hydrogens is 618 g/mol. The quantitative estimate of drug-likeness (QED) is 0.0482. The Kier molecular flexibility index (Phi) is 31.9. The molecule has 292 valence electrons. The Balaban J connectivity index is 2.02. The van der Waals surface area contributed by atoms with Crippen molar-refractivity contribution in [2.24, 2.45) is 10.9 Å². The lowest BCUT2D eigenvalue weighted by Gasteiger charge is -2.22. The first kappa shape index (κ1) is 46.4. The topological polar surface area (TPSA) is 65.0 Å². The Bertz CT molecular complexity index is 878. The van der Waals surface area contributed by atoms with Crippen molar-refractivity contribution >= 4 is 17.7 Å². The van der Waals surface area contributed by atoms with Gasteiger partial charge in [0, 0.05) is 11.4 Å². The molecule has 1 rings (SSSR count). The lowest BCUT2D eigenvalue weighted by Crippen LogP contribution is -2.30. The second-order valence-corrected chi connectivity index (χ2v) is 15.5. The fourth-order valence-electron chi connectivity index (χ4n) is 7.22. The van der Waals surface area contributed by atoms with Crippen molar-refractivity contribution < 1.29 is 19.1 Å². The van der Waals surface area contributed by atoms with Gasteiger partial charge in [-0.15, -0.1) is 0 Å². The third kappa shape index (κ3) is 26.2. The van der Waals surface area contributed by atoms with Crippen LogP contribution in [0.15, 0.2) is 16.3 Å². The fraction of sp³-hybridized carbons (Fsp3) is 0.889. The van der Waals surface area contributed by atoms with Crippen LogP contribution in [0.25, 0.3) is 0 Å². The highest BCUT2D eigenvalue weighted by Gasteiger charge is 2.32. The van der Waals surface area contributed by atoms with Crippen LogP contribution in [0.3, 0.4) is 0 Å². The van der Waals surface area contributed by atoms with Gasteiger partial charge in [-0.3, -0.25) is 9.79 Å². The summed E-state index contributed by atoms with van der Waals surface area (Å²) in [7, 11) is 0. The highest BCUT2D eigenvalue weighted by Crippen LogP contribution is 2.27. The van der Waals surface area contributed by atoms with E-state index in [1.165, 1.54) is 180 Å². The maximum absolute atomic E-state index is 12.9. The van der Waals surface area contributed by atoms with Gasteiger partial charge in [0.1, 0.15) is 0 Å². The van der Waals surface area contributed by atoms with E-state index < -0.39 is 5.92 Å². The van der Waals surface area contributed by atoms with Gasteiger partial charge in [0.05, 0.1) is 24.7 Å². The van der Waals surface area contributed by atoms with E-state index in [0.29, 0.717) is 30.9 Å². The van der Waals surface area contributed by atoms with Crippen molar-refractivity contribution in [3.05, 3.63) is 11.3 Å². The maximum atomic E-state index is 12.9. The molecule has 0 aliphatic carbocycles. The molecule has 0 aromatic heterocycles. The molecule has 0 N–H and O–H groups in total. The van der Waals surface area contributed by atoms with E-state index in [1.807, 2.05) is 13.8 Å². The number of carbonyl (C=O) groups is 2. The number of nitrogens with zero attached hydrogens (tertiary/aromatic N) is 1. The summed E-state index contributed by atoms with van der Waals surface area (Å²) in [4.78, 5) is 30.3. The Hall–Kier alpha value is -1.65. The van der Waals surface area contributed by atoms with Crippen molar-refractivity contribution in [1.82, 2.24) is 0 Å². The normalized spacial score (nSPS) is 14.6. The van der Waals surface area contributed by atoms with E-state index in [0.717, 1.165) is 31.4 Å². The summed E-state index contributed by atoms with van der Waals surface area (Å²) in [5, 5.41) is 0. The van der Waals surface area contributed by atoms with E-state index >= 15 is 0 Å². The van der Waals surface area contributed by atoms with Gasteiger partial charge in [-0.05, 0) is 33.1 Å². The van der Waals surface area contributed by atoms with Crippen LogP contribution in [0.2, 0.25) is 0 Å². The van der Waals surface area contributed by atoms with E-state index in [9.17, 15) is 9.59 Å². The van der Waals surface area contributed by atoms with Gasteiger partial charge in [0.25, 0.3) is 0 Å². The molecule has 1 heterocycles. The largest absolute Gasteiger partial charge is 0.465 e. The minimum Gasteiger partial charge on any atom is -0.465 e. The van der Waals surface area contributed by atoms with E-state index in [1.54, 1.807) is 0 Å². The Morgan fingerprint density at radius 2 is 0.780 bits per heavy atom. The number of aliphatic imine (C=N–C) groups is 1. The van der Waals surface area contributed by atoms with Crippen LogP contribution in [-0.4, -0.2) is 30.9 Å². The number of rotatable bonds is 36. The second kappa shape index (κ2) is 34.4. The van der Waals surface area contributed by atoms with Gasteiger partial charge in [-0.1, -0.05) is 206 Å². The van der Waals surface area contributed by atoms with Crippen LogP contribution in [0.5, 0.6) is 0 Å². The maximum Gasteiger partial charge on any atom is 0.335 e. The third-order valence-corrected chi connectivity index (χ3v) is 10.7. The minimum absolute atomic E-state index is 0.261. The highest BCUT2D eigenvalue weighted by molar-refractivity contribution is 6.04. The van der Waals surface area contributed by atoms with Crippen molar-refractivity contribution in [1.29, 1.82) is 0 Å². The summed E-state index contributed by atoms with van der Waals surface area (Å²) < 4.78 is 11.3. The highest BCUT2D eigenvalue weighted by atomic mass is 16.5. The van der Waals surface area contributed by atoms with Crippen molar-refractivity contribution in [2.75, 3.05) is 13.2 Å². The van der Waals surface area contributed by atoms with Gasteiger partial charge in [0.2, 0.25) is 0 Å². The number of allylic oxidation sites excluding steroid dienone is 1. The number of ether oxygens (including phenoxy) is 2. The van der Waals surface area contributed by atoms with Gasteiger partial charge in [-0.2, -0.15) is 0 Å². The molecule has 0 aromatic carbocycles. The molecule has 0 spiro atoms. The molecule has 1 aliphatic heterocycles. The first-order valence-electron chi connectivity index (χ1n) is 22.1. The smallest absolute Gasteiger partial charge is 0.335 e. The predicted molar refractivity (Wildman–Crippen MR) is 215 cm³/mol. The zero-order chi connectivity index (χ0) is 36.3. The molecule has 0 bridgehead atoms. The minimum atomic E-state index is -0.488. The fourth-order valence-corrected chi connectivity index (χ4v) is 7.22. The van der Waals surface area contributed by atoms with Crippen molar-refractivity contribution in [2.45, 2.75) is 240 Å². The van der Waals surface area contributed by atoms with Crippen molar-refractivity contribution in [3.63, 3.8) is 0 Å². The van der Waals surface area contributed by atoms with Crippen LogP contribution in [0, 0.1) is 5.92 Å². The molecule has 0 saturated heterocycles. The molecule has 1 unspecified atom stereocenters. The molecule has 1 aliphatic rings. The first-order valence-corrected chi connectivity index (χ1v) is 22.1. The first-order chi connectivity index (χ1) is 24.5. The zero-order valence-corrected chi connectivity index (χ0v) is 33.9. The Morgan fingerprint density at radius 3 is 1.12 bits per heavy atom. The lowest BCUT2D eigenvalue weighted by molar-refractivity contribution is -0.146. The molecule has 0 aromatic rings. The number of unbranched alkanes of at least 4 members (excludes halogenated alkanes) is 30. The number of hydrogen-bond donors (Lipinski definition) is 0. The average molecular weight is 702 g/mol. The van der Waals surface area contributed by atoms with E-state index in [-0.39, 0.29) is 11.9 Å². The van der Waals surface area contributed by atoms with Gasteiger partial charge in [0.15, 0.2) is 0 Å². The lowest BCUT2D eigenvalue weighted by atomic mass is 9.91. The molecule has 5 nitrogen and oxygen atoms in total. The summed E-state index contributed by atoms with van der Waals surface area (Å²) in [5.74, 6) is -1.07. The number of carbonyl (C=O) groups excluding carboxylic acids is 2. The molecule has 0 radical (unpaired) electrons. The third-order valence-electron chi connectivity index (χ3n) is 10.7. The standard InChI is InChI=1S/C45H83NO4/c1-5-7-9-11-13-15-17-19-21-23-25-27-29-31-33-35-37-49-44(47)42-39-43(41(4)46-40(42)3)45(48)50-38-36-34-32-30-28-26-24-22-20-18-16-14-12-10-8-6-2/h42H,5-39H2,1-4H3. The SMILES string of the molecule is CCCCCCCCCCCCCCCCCCOC(=O)C1=C(C)N=C(C)C(C(=O)OCCCCCCCCCCCCCCCCCC)C1. The molecule has 0 amide bonds. The molecule has 50 heavy (non-hydrogen) atoms. The van der Waals surface area contributed by atoms with Crippen LogP contribution in [0.1, 0.15) is 240 Å². The Morgan fingerprint density at radius 1 is 0.480 bits per heavy atom. The van der Waals surface area contributed by atoms with Crippen LogP contribution >= 0.6 is 0 Å². The van der Waals surface area contributed by atoms with Crippen LogP contribution in [-0.2, 0) is 19.1 Å². The van der Waals surface area contributed by atoms with Gasteiger partial charge >= 0.3 is 11.9 Å². The molecule has 5 heteroatoms. The summed E-state index contributed by atoms with van der Waals surface area (Å²) in [6, 6.07) is 0. The van der Waals surface area contributed by atoms with E-state index in [4.69, 9.17) is 9.47 Å². The summed E-state index contributed by atoms with van der Waals surface area (Å²) in [6.07, 6.45) is 42.6. The summed E-state index contributed by atoms with van der Waals surface area (Å²) >= 11 is 0. The monoisotopic (exact) mass is 702 g/mol. The summed E-state index contributed by atoms with van der Waals surface area (Å²) in [6.45, 7) is 9.15. The molecule has 1 atom stereocenters. The summed E-state index contributed by atoms with van der Waals surface area (Å²) in [5.41, 5.74) is 1.92. The number of esters is 2. The van der Waals surface area contributed by atoms with Crippen LogP contribution in [0.4, 0.5) is 0 Å².